The lowest BCUT2D eigenvalue weighted by Crippen LogP contribution is -2.37. The van der Waals surface area contributed by atoms with E-state index in [1.165, 1.54) is 10.4 Å². The Hall–Kier alpha value is -1.90. The predicted molar refractivity (Wildman–Crippen MR) is 102 cm³/mol. The summed E-state index contributed by atoms with van der Waals surface area (Å²) in [6.07, 6.45) is 0.578. The first-order valence-corrected chi connectivity index (χ1v) is 9.45. The lowest BCUT2D eigenvalue weighted by atomic mass is 10.2. The molecule has 1 aliphatic rings. The van der Waals surface area contributed by atoms with E-state index in [-0.39, 0.29) is 24.6 Å². The van der Waals surface area contributed by atoms with Crippen molar-refractivity contribution in [1.82, 2.24) is 5.32 Å². The summed E-state index contributed by atoms with van der Waals surface area (Å²) in [5.41, 5.74) is 0.0840. The van der Waals surface area contributed by atoms with Crippen LogP contribution in [0.15, 0.2) is 42.5 Å². The van der Waals surface area contributed by atoms with Crippen molar-refractivity contribution >= 4 is 39.7 Å². The number of nitrogens with zero attached hydrogens (tertiary/aromatic N) is 2. The van der Waals surface area contributed by atoms with Gasteiger partial charge in [-0.1, -0.05) is 25.1 Å². The van der Waals surface area contributed by atoms with Gasteiger partial charge >= 0.3 is 10.2 Å². The Morgan fingerprint density at radius 3 is 2.23 bits per heavy atom. The lowest BCUT2D eigenvalue weighted by Gasteiger charge is -2.22. The van der Waals surface area contributed by atoms with Crippen LogP contribution in [0.4, 0.5) is 25.8 Å². The van der Waals surface area contributed by atoms with Crippen LogP contribution in [0.3, 0.4) is 0 Å². The molecule has 0 bridgehead atoms. The Morgan fingerprint density at radius 1 is 1.00 bits per heavy atom. The minimum Gasteiger partial charge on any atom is -0.317 e. The van der Waals surface area contributed by atoms with E-state index in [4.69, 9.17) is 0 Å². The van der Waals surface area contributed by atoms with Gasteiger partial charge in [0.25, 0.3) is 0 Å². The van der Waals surface area contributed by atoms with E-state index in [0.717, 1.165) is 23.0 Å². The maximum Gasteiger partial charge on any atom is 0.331 e. The lowest BCUT2D eigenvalue weighted by molar-refractivity contribution is 0.573. The molecule has 0 spiro atoms. The molecular formula is C17H20ClF2N3O2S. The second kappa shape index (κ2) is 8.20. The van der Waals surface area contributed by atoms with Crippen LogP contribution in [0.5, 0.6) is 0 Å². The van der Waals surface area contributed by atoms with Gasteiger partial charge in [-0.3, -0.25) is 4.31 Å². The molecule has 5 nitrogen and oxygen atoms in total. The summed E-state index contributed by atoms with van der Waals surface area (Å²) in [4.78, 5) is 0. The van der Waals surface area contributed by atoms with Crippen molar-refractivity contribution in [2.75, 3.05) is 28.2 Å². The monoisotopic (exact) mass is 403 g/mol. The second-order valence-corrected chi connectivity index (χ2v) is 7.31. The number of rotatable bonds is 6. The summed E-state index contributed by atoms with van der Waals surface area (Å²) < 4.78 is 56.5. The summed E-state index contributed by atoms with van der Waals surface area (Å²) in [7, 11) is -4.11. The maximum atomic E-state index is 14.2. The van der Waals surface area contributed by atoms with Gasteiger partial charge in [-0.2, -0.15) is 8.42 Å². The first kappa shape index (κ1) is 20.4. The average Bonchev–Trinajstić information content (AvgIpc) is 2.79. The van der Waals surface area contributed by atoms with Crippen molar-refractivity contribution in [3.63, 3.8) is 0 Å². The molecule has 0 aromatic heterocycles. The molecular weight excluding hydrogens is 384 g/mol. The molecule has 0 radical (unpaired) electrons. The second-order valence-electron chi connectivity index (χ2n) is 5.61. The smallest absolute Gasteiger partial charge is 0.317 e. The Balaban J connectivity index is 0.00000243. The molecule has 0 saturated heterocycles. The normalized spacial score (nSPS) is 14.9. The number of hydrogen-bond acceptors (Lipinski definition) is 3. The molecule has 0 saturated carbocycles. The molecule has 3 rings (SSSR count). The van der Waals surface area contributed by atoms with Crippen LogP contribution in [0.25, 0.3) is 0 Å². The summed E-state index contributed by atoms with van der Waals surface area (Å²) in [5, 5.41) is 3.13. The molecule has 0 aliphatic carbocycles. The third-order valence-corrected chi connectivity index (χ3v) is 5.76. The van der Waals surface area contributed by atoms with E-state index >= 15 is 0 Å². The first-order chi connectivity index (χ1) is 12.0. The van der Waals surface area contributed by atoms with Crippen LogP contribution in [-0.2, 0) is 10.2 Å². The standard InChI is InChI=1S/C17H19F2N3O2S.ClH/c1-2-20-11-6-12-21-15-9-3-4-10-16(15)22(25(21,23)24)17-13(18)7-5-8-14(17)19;/h3-5,7-10,20H,2,6,11-12H2,1H3;1H. The van der Waals surface area contributed by atoms with Crippen molar-refractivity contribution in [2.24, 2.45) is 0 Å². The molecule has 2 aromatic carbocycles. The molecule has 0 unspecified atom stereocenters. The molecule has 0 atom stereocenters. The van der Waals surface area contributed by atoms with Gasteiger partial charge < -0.3 is 5.32 Å². The van der Waals surface area contributed by atoms with Gasteiger partial charge in [-0.05, 0) is 43.8 Å². The van der Waals surface area contributed by atoms with E-state index in [0.29, 0.717) is 18.7 Å². The topological polar surface area (TPSA) is 52.6 Å². The molecule has 1 heterocycles. The zero-order valence-corrected chi connectivity index (χ0v) is 15.8. The van der Waals surface area contributed by atoms with Crippen molar-refractivity contribution < 1.29 is 17.2 Å². The van der Waals surface area contributed by atoms with E-state index < -0.39 is 27.5 Å². The largest absolute Gasteiger partial charge is 0.331 e. The Morgan fingerprint density at radius 2 is 1.62 bits per heavy atom. The van der Waals surface area contributed by atoms with E-state index in [1.54, 1.807) is 24.3 Å². The van der Waals surface area contributed by atoms with Crippen LogP contribution in [0.1, 0.15) is 13.3 Å². The SMILES string of the molecule is CCNCCCN1c2ccccc2N(c2c(F)cccc2F)S1(=O)=O.Cl. The molecule has 0 amide bonds. The molecule has 26 heavy (non-hydrogen) atoms. The molecule has 142 valence electrons. The van der Waals surface area contributed by atoms with E-state index in [9.17, 15) is 17.2 Å². The summed E-state index contributed by atoms with van der Waals surface area (Å²) in [6, 6.07) is 9.82. The number of anilines is 3. The van der Waals surface area contributed by atoms with Crippen LogP contribution >= 0.6 is 12.4 Å². The quantitative estimate of drug-likeness (QED) is 0.750. The minimum atomic E-state index is -4.11. The Bertz CT molecular complexity index is 860. The molecule has 1 aliphatic heterocycles. The zero-order valence-electron chi connectivity index (χ0n) is 14.2. The summed E-state index contributed by atoms with van der Waals surface area (Å²) >= 11 is 0. The van der Waals surface area contributed by atoms with Gasteiger partial charge in [0.15, 0.2) is 11.6 Å². The fourth-order valence-electron chi connectivity index (χ4n) is 2.87. The number of nitrogens with one attached hydrogen (secondary N) is 1. The summed E-state index contributed by atoms with van der Waals surface area (Å²) in [5.74, 6) is -1.85. The van der Waals surface area contributed by atoms with Gasteiger partial charge in [0, 0.05) is 6.54 Å². The highest BCUT2D eigenvalue weighted by atomic mass is 35.5. The van der Waals surface area contributed by atoms with Gasteiger partial charge in [-0.25, -0.2) is 13.1 Å². The fourth-order valence-corrected chi connectivity index (χ4v) is 4.64. The fraction of sp³-hybridized carbons (Fsp3) is 0.294. The van der Waals surface area contributed by atoms with Crippen LogP contribution in [-0.4, -0.2) is 28.1 Å². The van der Waals surface area contributed by atoms with Crippen molar-refractivity contribution in [1.29, 1.82) is 0 Å². The minimum absolute atomic E-state index is 0. The van der Waals surface area contributed by atoms with Gasteiger partial charge in [-0.15, -0.1) is 12.4 Å². The molecule has 9 heteroatoms. The van der Waals surface area contributed by atoms with Gasteiger partial charge in [0.1, 0.15) is 5.69 Å². The summed E-state index contributed by atoms with van der Waals surface area (Å²) in [6.45, 7) is 3.62. The highest BCUT2D eigenvalue weighted by Gasteiger charge is 2.43. The average molecular weight is 404 g/mol. The van der Waals surface area contributed by atoms with Crippen LogP contribution < -0.4 is 13.9 Å². The van der Waals surface area contributed by atoms with Crippen LogP contribution in [0.2, 0.25) is 0 Å². The van der Waals surface area contributed by atoms with Crippen LogP contribution in [0, 0.1) is 11.6 Å². The number of benzene rings is 2. The van der Waals surface area contributed by atoms with Gasteiger partial charge in [0.2, 0.25) is 0 Å². The third-order valence-electron chi connectivity index (χ3n) is 3.98. The number of halogens is 3. The zero-order chi connectivity index (χ0) is 18.0. The van der Waals surface area contributed by atoms with E-state index in [2.05, 4.69) is 5.32 Å². The predicted octanol–water partition coefficient (Wildman–Crippen LogP) is 3.59. The molecule has 0 fully saturated rings. The van der Waals surface area contributed by atoms with Crippen molar-refractivity contribution in [2.45, 2.75) is 13.3 Å². The Kier molecular flexibility index (Phi) is 6.44. The van der Waals surface area contributed by atoms with Crippen molar-refractivity contribution in [3.8, 4) is 0 Å². The number of hydrogen-bond donors (Lipinski definition) is 1. The highest BCUT2D eigenvalue weighted by Crippen LogP contribution is 2.46. The number of fused-ring (bicyclic) bond motifs is 1. The third kappa shape index (κ3) is 3.49. The highest BCUT2D eigenvalue weighted by molar-refractivity contribution is 7.95. The van der Waals surface area contributed by atoms with Gasteiger partial charge in [0.05, 0.1) is 11.4 Å². The number of para-hydroxylation sites is 3. The first-order valence-electron chi connectivity index (χ1n) is 8.05. The molecule has 2 aromatic rings. The van der Waals surface area contributed by atoms with E-state index in [1.807, 2.05) is 6.92 Å². The maximum absolute atomic E-state index is 14.2. The molecule has 1 N–H and O–H groups in total. The van der Waals surface area contributed by atoms with Crippen molar-refractivity contribution in [3.05, 3.63) is 54.1 Å². The Labute approximate surface area is 158 Å².